The summed E-state index contributed by atoms with van der Waals surface area (Å²) in [5.74, 6) is 0.561. The van der Waals surface area contributed by atoms with Gasteiger partial charge in [0.25, 0.3) is 0 Å². The Kier molecular flexibility index (Phi) is 9.65. The lowest BCUT2D eigenvalue weighted by atomic mass is 10.1. The fraction of sp³-hybridized carbons (Fsp3) is 0.600. The molecule has 1 aromatic carbocycles. The predicted octanol–water partition coefficient (Wildman–Crippen LogP) is 1.46. The van der Waals surface area contributed by atoms with Gasteiger partial charge >= 0.3 is 0 Å². The molecular formula is C20H33N5O2. The highest BCUT2D eigenvalue weighted by Crippen LogP contribution is 2.10. The van der Waals surface area contributed by atoms with E-state index in [0.29, 0.717) is 5.96 Å². The number of anilines is 1. The van der Waals surface area contributed by atoms with Crippen LogP contribution in [-0.2, 0) is 16.0 Å². The number of ether oxygens (including phenoxy) is 1. The van der Waals surface area contributed by atoms with Gasteiger partial charge in [0.1, 0.15) is 6.54 Å². The third kappa shape index (κ3) is 8.41. The third-order valence-electron chi connectivity index (χ3n) is 4.39. The maximum atomic E-state index is 12.2. The number of aliphatic imine (C=N–C) groups is 1. The fourth-order valence-corrected chi connectivity index (χ4v) is 2.90. The van der Waals surface area contributed by atoms with Crippen LogP contribution in [-0.4, -0.2) is 69.2 Å². The Labute approximate surface area is 162 Å². The van der Waals surface area contributed by atoms with Gasteiger partial charge in [-0.15, -0.1) is 0 Å². The van der Waals surface area contributed by atoms with E-state index in [9.17, 15) is 4.79 Å². The van der Waals surface area contributed by atoms with Crippen molar-refractivity contribution < 1.29 is 9.53 Å². The van der Waals surface area contributed by atoms with Crippen molar-refractivity contribution in [3.63, 3.8) is 0 Å². The van der Waals surface area contributed by atoms with E-state index in [2.05, 4.69) is 38.8 Å². The van der Waals surface area contributed by atoms with Crippen LogP contribution in [0, 0.1) is 0 Å². The van der Waals surface area contributed by atoms with Gasteiger partial charge in [0, 0.05) is 31.9 Å². The number of morpholine rings is 1. The molecule has 1 saturated heterocycles. The van der Waals surface area contributed by atoms with Crippen molar-refractivity contribution in [1.29, 1.82) is 0 Å². The highest BCUT2D eigenvalue weighted by Gasteiger charge is 2.09. The number of hydrogen-bond donors (Lipinski definition) is 3. The van der Waals surface area contributed by atoms with Gasteiger partial charge in [-0.2, -0.15) is 0 Å². The van der Waals surface area contributed by atoms with Crippen LogP contribution in [0.2, 0.25) is 0 Å². The van der Waals surface area contributed by atoms with Crippen LogP contribution in [0.3, 0.4) is 0 Å². The smallest absolute Gasteiger partial charge is 0.246 e. The Balaban J connectivity index is 1.73. The molecule has 0 bridgehead atoms. The molecule has 3 N–H and O–H groups in total. The molecule has 7 nitrogen and oxygen atoms in total. The molecule has 1 aromatic rings. The molecule has 7 heteroatoms. The van der Waals surface area contributed by atoms with Crippen LogP contribution >= 0.6 is 0 Å². The molecule has 1 aliphatic heterocycles. The first kappa shape index (κ1) is 21.2. The highest BCUT2D eigenvalue weighted by atomic mass is 16.5. The van der Waals surface area contributed by atoms with Crippen molar-refractivity contribution in [2.45, 2.75) is 26.7 Å². The van der Waals surface area contributed by atoms with Crippen LogP contribution in [0.4, 0.5) is 5.69 Å². The maximum absolute atomic E-state index is 12.2. The van der Waals surface area contributed by atoms with Crippen molar-refractivity contribution in [3.8, 4) is 0 Å². The third-order valence-corrected chi connectivity index (χ3v) is 4.39. The molecule has 150 valence electrons. The second-order valence-electron chi connectivity index (χ2n) is 6.53. The van der Waals surface area contributed by atoms with Crippen LogP contribution in [0.5, 0.6) is 0 Å². The highest BCUT2D eigenvalue weighted by molar-refractivity contribution is 5.94. The first-order chi connectivity index (χ1) is 13.2. The van der Waals surface area contributed by atoms with Gasteiger partial charge in [0.15, 0.2) is 5.96 Å². The monoisotopic (exact) mass is 375 g/mol. The zero-order chi connectivity index (χ0) is 19.3. The number of benzene rings is 1. The number of amides is 1. The van der Waals surface area contributed by atoms with E-state index < -0.39 is 0 Å². The number of rotatable bonds is 9. The molecule has 0 atom stereocenters. The average molecular weight is 376 g/mol. The second-order valence-corrected chi connectivity index (χ2v) is 6.53. The summed E-state index contributed by atoms with van der Waals surface area (Å²) in [5.41, 5.74) is 2.02. The van der Waals surface area contributed by atoms with Gasteiger partial charge < -0.3 is 20.7 Å². The number of carbonyl (C=O) groups excluding carboxylic acids is 1. The van der Waals surface area contributed by atoms with Crippen molar-refractivity contribution >= 4 is 17.6 Å². The molecule has 0 saturated carbocycles. The minimum Gasteiger partial charge on any atom is -0.379 e. The van der Waals surface area contributed by atoms with E-state index in [0.717, 1.165) is 64.5 Å². The lowest BCUT2D eigenvalue weighted by molar-refractivity contribution is -0.114. The molecule has 1 aliphatic rings. The first-order valence-electron chi connectivity index (χ1n) is 9.92. The summed E-state index contributed by atoms with van der Waals surface area (Å²) in [6.45, 7) is 10.5. The summed E-state index contributed by atoms with van der Waals surface area (Å²) in [7, 11) is 0. The molecule has 1 heterocycles. The Morgan fingerprint density at radius 1 is 1.22 bits per heavy atom. The topological polar surface area (TPSA) is 78.0 Å². The Morgan fingerprint density at radius 3 is 2.78 bits per heavy atom. The molecule has 1 fully saturated rings. The number of guanidine groups is 1. The van der Waals surface area contributed by atoms with Crippen LogP contribution in [0.1, 0.15) is 25.8 Å². The summed E-state index contributed by atoms with van der Waals surface area (Å²) < 4.78 is 5.36. The van der Waals surface area contributed by atoms with Gasteiger partial charge in [0.2, 0.25) is 5.91 Å². The Morgan fingerprint density at radius 2 is 2.04 bits per heavy atom. The fourth-order valence-electron chi connectivity index (χ4n) is 2.90. The van der Waals surface area contributed by atoms with Crippen molar-refractivity contribution in [1.82, 2.24) is 15.5 Å². The molecule has 0 unspecified atom stereocenters. The number of hydrogen-bond acceptors (Lipinski definition) is 4. The van der Waals surface area contributed by atoms with Gasteiger partial charge in [0.05, 0.1) is 13.2 Å². The summed E-state index contributed by atoms with van der Waals surface area (Å²) in [4.78, 5) is 19.0. The van der Waals surface area contributed by atoms with Gasteiger partial charge in [-0.3, -0.25) is 9.69 Å². The van der Waals surface area contributed by atoms with E-state index >= 15 is 0 Å². The van der Waals surface area contributed by atoms with E-state index in [4.69, 9.17) is 4.74 Å². The molecule has 0 radical (unpaired) electrons. The lowest BCUT2D eigenvalue weighted by Crippen LogP contribution is -2.41. The van der Waals surface area contributed by atoms with E-state index in [-0.39, 0.29) is 12.5 Å². The molecule has 0 aromatic heterocycles. The van der Waals surface area contributed by atoms with Gasteiger partial charge in [-0.1, -0.05) is 19.1 Å². The minimum atomic E-state index is -0.117. The molecule has 0 spiro atoms. The standard InChI is InChI=1S/C20H33N5O2/c1-3-17-7-5-8-18(15-17)24-19(26)16-23-20(21-4-2)22-9-6-10-25-11-13-27-14-12-25/h5,7-8,15H,3-4,6,9-14,16H2,1-2H3,(H,24,26)(H2,21,22,23). The minimum absolute atomic E-state index is 0.0924. The summed E-state index contributed by atoms with van der Waals surface area (Å²) in [6.07, 6.45) is 1.97. The lowest BCUT2D eigenvalue weighted by Gasteiger charge is -2.26. The SMILES string of the molecule is CCNC(=NCC(=O)Nc1cccc(CC)c1)NCCCN1CCOCC1. The van der Waals surface area contributed by atoms with Crippen molar-refractivity contribution in [3.05, 3.63) is 29.8 Å². The summed E-state index contributed by atoms with van der Waals surface area (Å²) in [5, 5.41) is 9.39. The second kappa shape index (κ2) is 12.3. The van der Waals surface area contributed by atoms with Gasteiger partial charge in [-0.05, 0) is 44.0 Å². The van der Waals surface area contributed by atoms with Crippen molar-refractivity contribution in [2.24, 2.45) is 4.99 Å². The molecule has 2 rings (SSSR count). The zero-order valence-corrected chi connectivity index (χ0v) is 16.6. The Hall–Kier alpha value is -2.12. The van der Waals surface area contributed by atoms with Gasteiger partial charge in [-0.25, -0.2) is 4.99 Å². The summed E-state index contributed by atoms with van der Waals surface area (Å²) in [6, 6.07) is 7.91. The molecule has 0 aliphatic carbocycles. The number of nitrogens with zero attached hydrogens (tertiary/aromatic N) is 2. The molecule has 27 heavy (non-hydrogen) atoms. The van der Waals surface area contributed by atoms with E-state index in [1.807, 2.05) is 25.1 Å². The zero-order valence-electron chi connectivity index (χ0n) is 16.6. The normalized spacial score (nSPS) is 15.4. The maximum Gasteiger partial charge on any atom is 0.246 e. The van der Waals surface area contributed by atoms with E-state index in [1.165, 1.54) is 5.56 Å². The quantitative estimate of drug-likeness (QED) is 0.346. The van der Waals surface area contributed by atoms with E-state index in [1.54, 1.807) is 0 Å². The number of carbonyl (C=O) groups is 1. The van der Waals surface area contributed by atoms with Crippen LogP contribution in [0.15, 0.2) is 29.3 Å². The Bertz CT molecular complexity index is 600. The molecular weight excluding hydrogens is 342 g/mol. The average Bonchev–Trinajstić information content (AvgIpc) is 2.70. The molecule has 1 amide bonds. The van der Waals surface area contributed by atoms with Crippen LogP contribution in [0.25, 0.3) is 0 Å². The summed E-state index contributed by atoms with van der Waals surface area (Å²) >= 11 is 0. The number of nitrogens with one attached hydrogen (secondary N) is 3. The first-order valence-corrected chi connectivity index (χ1v) is 9.92. The van der Waals surface area contributed by atoms with Crippen LogP contribution < -0.4 is 16.0 Å². The number of aryl methyl sites for hydroxylation is 1. The predicted molar refractivity (Wildman–Crippen MR) is 110 cm³/mol. The van der Waals surface area contributed by atoms with Crippen molar-refractivity contribution in [2.75, 3.05) is 57.8 Å². The largest absolute Gasteiger partial charge is 0.379 e.